The molecule has 0 radical (unpaired) electrons. The van der Waals surface area contributed by atoms with E-state index in [-0.39, 0.29) is 11.6 Å². The fourth-order valence-electron chi connectivity index (χ4n) is 3.89. The summed E-state index contributed by atoms with van der Waals surface area (Å²) < 4.78 is 0. The Morgan fingerprint density at radius 1 is 1.39 bits per heavy atom. The Bertz CT molecular complexity index is 352. The minimum absolute atomic E-state index is 0.0769. The first-order valence-corrected chi connectivity index (χ1v) is 7.14. The highest BCUT2D eigenvalue weighted by Gasteiger charge is 2.63. The van der Waals surface area contributed by atoms with Gasteiger partial charge in [0.2, 0.25) is 0 Å². The van der Waals surface area contributed by atoms with Crippen molar-refractivity contribution >= 4 is 5.78 Å². The molecule has 102 valence electrons. The Labute approximate surface area is 109 Å². The molecule has 3 fully saturated rings. The molecule has 3 aliphatic rings. The normalized spacial score (nSPS) is 39.6. The van der Waals surface area contributed by atoms with E-state index in [1.165, 1.54) is 0 Å². The van der Waals surface area contributed by atoms with Crippen LogP contribution in [0.5, 0.6) is 0 Å². The molecule has 4 nitrogen and oxygen atoms in total. The first-order valence-electron chi connectivity index (χ1n) is 7.14. The van der Waals surface area contributed by atoms with Crippen molar-refractivity contribution in [3.8, 4) is 0 Å². The zero-order valence-corrected chi connectivity index (χ0v) is 11.4. The summed E-state index contributed by atoms with van der Waals surface area (Å²) in [6.45, 7) is 5.59. The number of aliphatic hydroxyl groups excluding tert-OH is 1. The van der Waals surface area contributed by atoms with E-state index < -0.39 is 0 Å². The molecule has 0 aromatic rings. The Balaban J connectivity index is 1.59. The molecule has 4 heteroatoms. The topological polar surface area (TPSA) is 43.8 Å². The minimum atomic E-state index is -0.331. The van der Waals surface area contributed by atoms with Gasteiger partial charge in [-0.25, -0.2) is 0 Å². The molecule has 2 heterocycles. The lowest BCUT2D eigenvalue weighted by Gasteiger charge is -2.36. The van der Waals surface area contributed by atoms with E-state index in [2.05, 4.69) is 16.8 Å². The Morgan fingerprint density at radius 3 is 2.61 bits per heavy atom. The largest absolute Gasteiger partial charge is 0.378 e. The molecule has 0 bridgehead atoms. The number of fused-ring (bicyclic) bond motifs is 1. The van der Waals surface area contributed by atoms with Gasteiger partial charge >= 0.3 is 0 Å². The molecule has 3 rings (SSSR count). The van der Waals surface area contributed by atoms with Crippen LogP contribution in [0.4, 0.5) is 0 Å². The number of likely N-dealkylation sites (tertiary alicyclic amines) is 2. The number of piperidine rings is 2. The third-order valence-corrected chi connectivity index (χ3v) is 5.43. The maximum atomic E-state index is 11.7. The van der Waals surface area contributed by atoms with Crippen molar-refractivity contribution < 1.29 is 9.90 Å². The fourth-order valence-corrected chi connectivity index (χ4v) is 3.89. The predicted octanol–water partition coefficient (Wildman–Crippen LogP) is 0.557. The van der Waals surface area contributed by atoms with Gasteiger partial charge in [0, 0.05) is 24.4 Å². The van der Waals surface area contributed by atoms with Gasteiger partial charge in [0.05, 0.1) is 0 Å². The molecule has 3 unspecified atom stereocenters. The Hall–Kier alpha value is -0.450. The number of carbonyl (C=O) groups excluding carboxylic acids is 1. The summed E-state index contributed by atoms with van der Waals surface area (Å²) in [4.78, 5) is 16.2. The second-order valence-corrected chi connectivity index (χ2v) is 6.60. The van der Waals surface area contributed by atoms with Crippen LogP contribution < -0.4 is 0 Å². The van der Waals surface area contributed by atoms with E-state index in [9.17, 15) is 9.90 Å². The molecular weight excluding hydrogens is 228 g/mol. The first kappa shape index (κ1) is 12.6. The highest BCUT2D eigenvalue weighted by molar-refractivity contribution is 5.86. The highest BCUT2D eigenvalue weighted by atomic mass is 16.3. The summed E-state index contributed by atoms with van der Waals surface area (Å²) in [5, 5.41) is 10.5. The van der Waals surface area contributed by atoms with Gasteiger partial charge < -0.3 is 10.0 Å². The zero-order valence-electron chi connectivity index (χ0n) is 11.4. The van der Waals surface area contributed by atoms with Crippen molar-refractivity contribution in [2.24, 2.45) is 17.3 Å². The quantitative estimate of drug-likeness (QED) is 0.797. The molecule has 18 heavy (non-hydrogen) atoms. The average molecular weight is 252 g/mol. The van der Waals surface area contributed by atoms with Gasteiger partial charge in [-0.3, -0.25) is 9.69 Å². The first-order chi connectivity index (χ1) is 8.53. The van der Waals surface area contributed by atoms with E-state index in [1.807, 2.05) is 0 Å². The highest BCUT2D eigenvalue weighted by Crippen LogP contribution is 2.58. The van der Waals surface area contributed by atoms with E-state index in [4.69, 9.17) is 0 Å². The van der Waals surface area contributed by atoms with Gasteiger partial charge in [0.25, 0.3) is 0 Å². The molecule has 1 N–H and O–H groups in total. The molecule has 0 aromatic heterocycles. The van der Waals surface area contributed by atoms with Gasteiger partial charge in [-0.05, 0) is 52.2 Å². The summed E-state index contributed by atoms with van der Waals surface area (Å²) in [5.41, 5.74) is -0.0769. The number of hydrogen-bond acceptors (Lipinski definition) is 4. The van der Waals surface area contributed by atoms with E-state index in [1.54, 1.807) is 6.92 Å². The van der Waals surface area contributed by atoms with Crippen LogP contribution >= 0.6 is 0 Å². The van der Waals surface area contributed by atoms with Crippen LogP contribution in [0.15, 0.2) is 0 Å². The minimum Gasteiger partial charge on any atom is -0.378 e. The van der Waals surface area contributed by atoms with Crippen molar-refractivity contribution in [2.45, 2.75) is 32.4 Å². The van der Waals surface area contributed by atoms with E-state index in [0.29, 0.717) is 17.6 Å². The number of aliphatic hydroxyl groups is 1. The third-order valence-electron chi connectivity index (χ3n) is 5.43. The van der Waals surface area contributed by atoms with Crippen LogP contribution in [0.25, 0.3) is 0 Å². The lowest BCUT2D eigenvalue weighted by molar-refractivity contribution is -0.123. The molecular formula is C14H24N2O2. The maximum absolute atomic E-state index is 11.7. The molecule has 3 atom stereocenters. The second kappa shape index (κ2) is 4.29. The number of nitrogens with zero attached hydrogens (tertiary/aromatic N) is 2. The summed E-state index contributed by atoms with van der Waals surface area (Å²) in [7, 11) is 2.14. The van der Waals surface area contributed by atoms with Crippen molar-refractivity contribution in [2.75, 3.05) is 33.2 Å². The molecule has 0 aromatic carbocycles. The number of carbonyl (C=O) groups is 1. The average Bonchev–Trinajstić information content (AvgIpc) is 2.93. The molecule has 1 saturated carbocycles. The van der Waals surface area contributed by atoms with Crippen molar-refractivity contribution in [3.05, 3.63) is 0 Å². The van der Waals surface area contributed by atoms with E-state index >= 15 is 0 Å². The van der Waals surface area contributed by atoms with Gasteiger partial charge in [0.1, 0.15) is 12.0 Å². The lowest BCUT2D eigenvalue weighted by atomic mass is 9.94. The van der Waals surface area contributed by atoms with Crippen LogP contribution in [-0.2, 0) is 4.79 Å². The van der Waals surface area contributed by atoms with E-state index in [0.717, 1.165) is 45.4 Å². The zero-order chi connectivity index (χ0) is 12.9. The number of hydrogen-bond donors (Lipinski definition) is 1. The Kier molecular flexibility index (Phi) is 3.00. The van der Waals surface area contributed by atoms with Gasteiger partial charge in [-0.15, -0.1) is 0 Å². The van der Waals surface area contributed by atoms with Gasteiger partial charge in [0.15, 0.2) is 0 Å². The smallest absolute Gasteiger partial charge is 0.137 e. The fraction of sp³-hybridized carbons (Fsp3) is 0.929. The van der Waals surface area contributed by atoms with Crippen molar-refractivity contribution in [3.63, 3.8) is 0 Å². The van der Waals surface area contributed by atoms with Crippen molar-refractivity contribution in [1.29, 1.82) is 0 Å². The molecule has 0 amide bonds. The van der Waals surface area contributed by atoms with Crippen LogP contribution in [-0.4, -0.2) is 60.1 Å². The molecule has 0 spiro atoms. The molecule has 2 saturated heterocycles. The van der Waals surface area contributed by atoms with Crippen LogP contribution in [0, 0.1) is 17.3 Å². The second-order valence-electron chi connectivity index (χ2n) is 6.60. The van der Waals surface area contributed by atoms with Crippen LogP contribution in [0.2, 0.25) is 0 Å². The summed E-state index contributed by atoms with van der Waals surface area (Å²) in [5.74, 6) is 1.24. The van der Waals surface area contributed by atoms with Crippen molar-refractivity contribution in [1.82, 2.24) is 9.80 Å². The van der Waals surface area contributed by atoms with Crippen LogP contribution in [0.3, 0.4) is 0 Å². The Morgan fingerprint density at radius 2 is 2.06 bits per heavy atom. The molecule has 1 aliphatic carbocycles. The van der Waals surface area contributed by atoms with Gasteiger partial charge in [-0.1, -0.05) is 0 Å². The maximum Gasteiger partial charge on any atom is 0.137 e. The summed E-state index contributed by atoms with van der Waals surface area (Å²) in [6, 6.07) is 0. The number of ketones is 1. The van der Waals surface area contributed by atoms with Crippen LogP contribution in [0.1, 0.15) is 26.2 Å². The number of rotatable bonds is 3. The lowest BCUT2D eigenvalue weighted by Crippen LogP contribution is -2.45. The van der Waals surface area contributed by atoms with Gasteiger partial charge in [-0.2, -0.15) is 0 Å². The predicted molar refractivity (Wildman–Crippen MR) is 69.0 cm³/mol. The molecule has 2 aliphatic heterocycles. The third kappa shape index (κ3) is 1.91. The summed E-state index contributed by atoms with van der Waals surface area (Å²) in [6.07, 6.45) is 2.87. The standard InChI is InChI=1S/C14H24N2O2/c1-10(17)14-7-12(14)8-16(9-14)13(18)11-3-5-15(2)6-4-11/h11-13,18H,3-9H2,1-2H3. The monoisotopic (exact) mass is 252 g/mol. The SMILES string of the molecule is CC(=O)C12CC1CN(C(O)C1CCN(C)CC1)C2. The number of Topliss-reactive ketones (excluding diaryl/α,β-unsaturated/α-hetero) is 1. The summed E-state index contributed by atoms with van der Waals surface area (Å²) >= 11 is 0.